The van der Waals surface area contributed by atoms with Crippen LogP contribution in [0, 0.1) is 0 Å². The lowest BCUT2D eigenvalue weighted by molar-refractivity contribution is -0.145. The molecule has 0 radical (unpaired) electrons. The first-order valence-corrected chi connectivity index (χ1v) is 6.94. The number of nitrogens with one attached hydrogen (secondary N) is 1. The Morgan fingerprint density at radius 1 is 1.14 bits per heavy atom. The highest BCUT2D eigenvalue weighted by Crippen LogP contribution is 2.07. The van der Waals surface area contributed by atoms with E-state index in [0.29, 0.717) is 5.56 Å². The summed E-state index contributed by atoms with van der Waals surface area (Å²) in [6, 6.07) is 8.53. The second-order valence-corrected chi connectivity index (χ2v) is 5.72. The first-order valence-electron chi connectivity index (χ1n) is 6.94. The molecule has 120 valence electrons. The number of esters is 1. The number of carbonyl (C=O) groups is 3. The molecule has 22 heavy (non-hydrogen) atoms. The van der Waals surface area contributed by atoms with Crippen molar-refractivity contribution in [3.05, 3.63) is 35.9 Å². The number of alkyl carbamates (subject to hydrolysis) is 1. The second-order valence-electron chi connectivity index (χ2n) is 5.72. The van der Waals surface area contributed by atoms with Crippen molar-refractivity contribution in [3.63, 3.8) is 0 Å². The topological polar surface area (TPSA) is 81.7 Å². The molecule has 0 saturated carbocycles. The van der Waals surface area contributed by atoms with Crippen LogP contribution in [-0.2, 0) is 14.3 Å². The van der Waals surface area contributed by atoms with Gasteiger partial charge in [0.2, 0.25) is 5.78 Å². The van der Waals surface area contributed by atoms with Gasteiger partial charge in [-0.25, -0.2) is 4.79 Å². The van der Waals surface area contributed by atoms with Crippen LogP contribution in [0.4, 0.5) is 4.79 Å². The van der Waals surface area contributed by atoms with Crippen molar-refractivity contribution in [2.45, 2.75) is 39.4 Å². The van der Waals surface area contributed by atoms with Crippen LogP contribution in [0.3, 0.4) is 0 Å². The molecular formula is C16H21NO5. The van der Waals surface area contributed by atoms with Crippen LogP contribution >= 0.6 is 0 Å². The van der Waals surface area contributed by atoms with E-state index in [-0.39, 0.29) is 12.3 Å². The zero-order valence-electron chi connectivity index (χ0n) is 13.2. The largest absolute Gasteiger partial charge is 0.453 e. The van der Waals surface area contributed by atoms with Crippen LogP contribution in [0.25, 0.3) is 0 Å². The average molecular weight is 307 g/mol. The highest BCUT2D eigenvalue weighted by Gasteiger charge is 2.21. The van der Waals surface area contributed by atoms with E-state index in [1.165, 1.54) is 6.92 Å². The molecule has 0 aromatic heterocycles. The number of hydrogen-bond donors (Lipinski definition) is 1. The highest BCUT2D eigenvalue weighted by molar-refractivity contribution is 6.00. The molecule has 6 nitrogen and oxygen atoms in total. The van der Waals surface area contributed by atoms with E-state index in [9.17, 15) is 14.4 Å². The molecule has 0 spiro atoms. The molecule has 0 bridgehead atoms. The highest BCUT2D eigenvalue weighted by atomic mass is 16.6. The standard InChI is InChI=1S/C16H21NO5/c1-11(14(19)12-8-6-5-7-9-12)21-13(18)10-17-15(20)22-16(2,3)4/h5-9,11H,10H2,1-4H3,(H,17,20). The third-order valence-electron chi connectivity index (χ3n) is 2.51. The van der Waals surface area contributed by atoms with E-state index in [4.69, 9.17) is 9.47 Å². The van der Waals surface area contributed by atoms with E-state index < -0.39 is 23.8 Å². The third-order valence-corrected chi connectivity index (χ3v) is 2.51. The summed E-state index contributed by atoms with van der Waals surface area (Å²) < 4.78 is 9.97. The van der Waals surface area contributed by atoms with Gasteiger partial charge in [0.05, 0.1) is 0 Å². The van der Waals surface area contributed by atoms with Gasteiger partial charge in [-0.05, 0) is 27.7 Å². The van der Waals surface area contributed by atoms with Crippen LogP contribution in [0.2, 0.25) is 0 Å². The van der Waals surface area contributed by atoms with Crippen molar-refractivity contribution < 1.29 is 23.9 Å². The molecule has 1 atom stereocenters. The van der Waals surface area contributed by atoms with Crippen molar-refractivity contribution in [1.82, 2.24) is 5.32 Å². The van der Waals surface area contributed by atoms with Gasteiger partial charge >= 0.3 is 12.1 Å². The minimum atomic E-state index is -0.921. The zero-order valence-corrected chi connectivity index (χ0v) is 13.2. The molecular weight excluding hydrogens is 286 g/mol. The molecule has 1 amide bonds. The first-order chi connectivity index (χ1) is 10.2. The van der Waals surface area contributed by atoms with Crippen molar-refractivity contribution in [2.24, 2.45) is 0 Å². The van der Waals surface area contributed by atoms with Crippen molar-refractivity contribution in [2.75, 3.05) is 6.54 Å². The van der Waals surface area contributed by atoms with Gasteiger partial charge in [-0.15, -0.1) is 0 Å². The summed E-state index contributed by atoms with van der Waals surface area (Å²) in [6.07, 6.45) is -1.64. The number of ether oxygens (including phenoxy) is 2. The number of Topliss-reactive ketones (excluding diaryl/α,β-unsaturated/α-hetero) is 1. The summed E-state index contributed by atoms with van der Waals surface area (Å²) in [5.41, 5.74) is -0.187. The van der Waals surface area contributed by atoms with Crippen molar-refractivity contribution >= 4 is 17.8 Å². The SMILES string of the molecule is CC(OC(=O)CNC(=O)OC(C)(C)C)C(=O)c1ccccc1. The smallest absolute Gasteiger partial charge is 0.408 e. The summed E-state index contributed by atoms with van der Waals surface area (Å²) in [4.78, 5) is 35.0. The number of rotatable bonds is 5. The maximum Gasteiger partial charge on any atom is 0.408 e. The number of amides is 1. The predicted molar refractivity (Wildman–Crippen MR) is 80.6 cm³/mol. The van der Waals surface area contributed by atoms with E-state index in [1.807, 2.05) is 0 Å². The summed E-state index contributed by atoms with van der Waals surface area (Å²) >= 11 is 0. The van der Waals surface area contributed by atoms with Gasteiger partial charge < -0.3 is 14.8 Å². The monoisotopic (exact) mass is 307 g/mol. The Bertz CT molecular complexity index is 533. The lowest BCUT2D eigenvalue weighted by Gasteiger charge is -2.19. The van der Waals surface area contributed by atoms with Gasteiger partial charge in [0, 0.05) is 5.56 Å². The summed E-state index contributed by atoms with van der Waals surface area (Å²) in [5.74, 6) is -1.01. The quantitative estimate of drug-likeness (QED) is 0.667. The molecule has 1 aromatic carbocycles. The fraction of sp³-hybridized carbons (Fsp3) is 0.438. The lowest BCUT2D eigenvalue weighted by atomic mass is 10.1. The van der Waals surface area contributed by atoms with Gasteiger partial charge in [0.25, 0.3) is 0 Å². The maximum atomic E-state index is 12.0. The summed E-state index contributed by atoms with van der Waals surface area (Å²) in [7, 11) is 0. The van der Waals surface area contributed by atoms with Gasteiger partial charge in [-0.3, -0.25) is 9.59 Å². The predicted octanol–water partition coefficient (Wildman–Crippen LogP) is 2.33. The Morgan fingerprint density at radius 2 is 1.73 bits per heavy atom. The number of hydrogen-bond acceptors (Lipinski definition) is 5. The van der Waals surface area contributed by atoms with E-state index in [1.54, 1.807) is 51.1 Å². The normalized spacial score (nSPS) is 12.2. The van der Waals surface area contributed by atoms with Crippen LogP contribution in [-0.4, -0.2) is 36.1 Å². The van der Waals surface area contributed by atoms with Crippen molar-refractivity contribution in [1.29, 1.82) is 0 Å². The van der Waals surface area contributed by atoms with Gasteiger partial charge in [-0.2, -0.15) is 0 Å². The number of ketones is 1. The van der Waals surface area contributed by atoms with Gasteiger partial charge in [0.1, 0.15) is 12.1 Å². The molecule has 0 aliphatic carbocycles. The fourth-order valence-electron chi connectivity index (χ4n) is 1.59. The molecule has 0 saturated heterocycles. The average Bonchev–Trinajstić information content (AvgIpc) is 2.43. The Morgan fingerprint density at radius 3 is 2.27 bits per heavy atom. The molecule has 1 aromatic rings. The van der Waals surface area contributed by atoms with Gasteiger partial charge in [0.15, 0.2) is 6.10 Å². The Hall–Kier alpha value is -2.37. The van der Waals surface area contributed by atoms with E-state index >= 15 is 0 Å². The van der Waals surface area contributed by atoms with E-state index in [0.717, 1.165) is 0 Å². The third kappa shape index (κ3) is 6.39. The number of benzene rings is 1. The molecule has 6 heteroatoms. The van der Waals surface area contributed by atoms with Gasteiger partial charge in [-0.1, -0.05) is 30.3 Å². The molecule has 1 N–H and O–H groups in total. The summed E-state index contributed by atoms with van der Waals surface area (Å²) in [6.45, 7) is 6.27. The summed E-state index contributed by atoms with van der Waals surface area (Å²) in [5, 5.41) is 2.28. The Balaban J connectivity index is 2.42. The number of carbonyl (C=O) groups excluding carboxylic acids is 3. The fourth-order valence-corrected chi connectivity index (χ4v) is 1.59. The van der Waals surface area contributed by atoms with Crippen LogP contribution < -0.4 is 5.32 Å². The molecule has 0 heterocycles. The first kappa shape index (κ1) is 17.7. The molecule has 0 fully saturated rings. The van der Waals surface area contributed by atoms with E-state index in [2.05, 4.69) is 5.32 Å². The Labute approximate surface area is 129 Å². The van der Waals surface area contributed by atoms with Crippen molar-refractivity contribution in [3.8, 4) is 0 Å². The van der Waals surface area contributed by atoms with Crippen LogP contribution in [0.5, 0.6) is 0 Å². The molecule has 0 aliphatic heterocycles. The Kier molecular flexibility index (Phi) is 6.10. The minimum Gasteiger partial charge on any atom is -0.453 e. The van der Waals surface area contributed by atoms with Crippen LogP contribution in [0.15, 0.2) is 30.3 Å². The maximum absolute atomic E-state index is 12.0. The van der Waals surface area contributed by atoms with Crippen LogP contribution in [0.1, 0.15) is 38.1 Å². The minimum absolute atomic E-state index is 0.300. The second kappa shape index (κ2) is 7.59. The molecule has 1 rings (SSSR count). The zero-order chi connectivity index (χ0) is 16.8. The lowest BCUT2D eigenvalue weighted by Crippen LogP contribution is -2.37. The molecule has 0 aliphatic rings. The molecule has 1 unspecified atom stereocenters.